The van der Waals surface area contributed by atoms with Gasteiger partial charge in [-0.15, -0.1) is 0 Å². The molecule has 0 aromatic carbocycles. The zero-order valence-corrected chi connectivity index (χ0v) is 10.2. The standard InChI is InChI=1S/C13H26/c1-9(2)12-10(3)7-8-11(12)13(4,5)6/h9-12H,7-8H2,1-6H3. The Morgan fingerprint density at radius 2 is 1.62 bits per heavy atom. The number of hydrogen-bond acceptors (Lipinski definition) is 0. The predicted octanol–water partition coefficient (Wildman–Crippen LogP) is 4.35. The third-order valence-corrected chi connectivity index (χ3v) is 3.94. The molecule has 0 heteroatoms. The van der Waals surface area contributed by atoms with Gasteiger partial charge in [0.05, 0.1) is 0 Å². The molecule has 0 aromatic rings. The molecular formula is C13H26. The minimum atomic E-state index is 0.514. The van der Waals surface area contributed by atoms with Gasteiger partial charge in [0.2, 0.25) is 0 Å². The lowest BCUT2D eigenvalue weighted by molar-refractivity contribution is 0.130. The molecule has 0 spiro atoms. The van der Waals surface area contributed by atoms with Crippen LogP contribution in [-0.2, 0) is 0 Å². The molecule has 0 N–H and O–H groups in total. The van der Waals surface area contributed by atoms with E-state index in [9.17, 15) is 0 Å². The second kappa shape index (κ2) is 3.63. The largest absolute Gasteiger partial charge is 0.0625 e. The van der Waals surface area contributed by atoms with Crippen LogP contribution in [0.5, 0.6) is 0 Å². The Bertz CT molecular complexity index is 161. The van der Waals surface area contributed by atoms with Gasteiger partial charge in [-0.05, 0) is 35.5 Å². The highest BCUT2D eigenvalue weighted by Crippen LogP contribution is 2.49. The summed E-state index contributed by atoms with van der Waals surface area (Å²) in [5.41, 5.74) is 0.514. The Morgan fingerprint density at radius 1 is 1.08 bits per heavy atom. The maximum absolute atomic E-state index is 2.44. The van der Waals surface area contributed by atoms with E-state index in [0.29, 0.717) is 5.41 Å². The summed E-state index contributed by atoms with van der Waals surface area (Å²) in [7, 11) is 0. The molecule has 1 fully saturated rings. The predicted molar refractivity (Wildman–Crippen MR) is 59.7 cm³/mol. The zero-order valence-electron chi connectivity index (χ0n) is 10.2. The van der Waals surface area contributed by atoms with Gasteiger partial charge in [0.25, 0.3) is 0 Å². The van der Waals surface area contributed by atoms with Gasteiger partial charge >= 0.3 is 0 Å². The third kappa shape index (κ3) is 2.27. The molecular weight excluding hydrogens is 156 g/mol. The van der Waals surface area contributed by atoms with E-state index in [1.807, 2.05) is 0 Å². The highest BCUT2D eigenvalue weighted by molar-refractivity contribution is 4.90. The van der Waals surface area contributed by atoms with Gasteiger partial charge < -0.3 is 0 Å². The van der Waals surface area contributed by atoms with Crippen LogP contribution in [0.1, 0.15) is 54.4 Å². The van der Waals surface area contributed by atoms with E-state index in [1.54, 1.807) is 0 Å². The first-order valence-electron chi connectivity index (χ1n) is 5.84. The third-order valence-electron chi connectivity index (χ3n) is 3.94. The molecule has 0 aromatic heterocycles. The Labute approximate surface area is 84.1 Å². The van der Waals surface area contributed by atoms with Crippen LogP contribution < -0.4 is 0 Å². The molecule has 0 amide bonds. The highest BCUT2D eigenvalue weighted by Gasteiger charge is 2.41. The lowest BCUT2D eigenvalue weighted by Crippen LogP contribution is -2.29. The van der Waals surface area contributed by atoms with Crippen molar-refractivity contribution in [1.29, 1.82) is 0 Å². The van der Waals surface area contributed by atoms with Crippen LogP contribution in [0.25, 0.3) is 0 Å². The van der Waals surface area contributed by atoms with Crippen LogP contribution in [0.3, 0.4) is 0 Å². The summed E-state index contributed by atoms with van der Waals surface area (Å²) in [6, 6.07) is 0. The van der Waals surface area contributed by atoms with Crippen molar-refractivity contribution in [2.24, 2.45) is 29.1 Å². The van der Waals surface area contributed by atoms with Gasteiger partial charge in [-0.1, -0.05) is 48.0 Å². The van der Waals surface area contributed by atoms with E-state index < -0.39 is 0 Å². The van der Waals surface area contributed by atoms with E-state index in [2.05, 4.69) is 41.5 Å². The average Bonchev–Trinajstić information content (AvgIpc) is 2.28. The molecule has 1 aliphatic rings. The van der Waals surface area contributed by atoms with Crippen LogP contribution in [-0.4, -0.2) is 0 Å². The van der Waals surface area contributed by atoms with Crippen LogP contribution in [0.2, 0.25) is 0 Å². The van der Waals surface area contributed by atoms with E-state index in [1.165, 1.54) is 12.8 Å². The maximum Gasteiger partial charge on any atom is -0.0332 e. The lowest BCUT2D eigenvalue weighted by Gasteiger charge is -2.36. The van der Waals surface area contributed by atoms with E-state index in [-0.39, 0.29) is 0 Å². The fraction of sp³-hybridized carbons (Fsp3) is 1.00. The van der Waals surface area contributed by atoms with Gasteiger partial charge in [-0.3, -0.25) is 0 Å². The first-order valence-corrected chi connectivity index (χ1v) is 5.84. The molecule has 3 atom stereocenters. The molecule has 0 radical (unpaired) electrons. The second-order valence-corrected chi connectivity index (χ2v) is 6.35. The Morgan fingerprint density at radius 3 is 1.92 bits per heavy atom. The first-order chi connectivity index (χ1) is 5.84. The molecule has 13 heavy (non-hydrogen) atoms. The van der Waals surface area contributed by atoms with Crippen molar-refractivity contribution in [3.8, 4) is 0 Å². The molecule has 0 aliphatic heterocycles. The topological polar surface area (TPSA) is 0 Å². The molecule has 1 rings (SSSR count). The fourth-order valence-corrected chi connectivity index (χ4v) is 3.36. The number of rotatable bonds is 1. The molecule has 0 saturated heterocycles. The monoisotopic (exact) mass is 182 g/mol. The summed E-state index contributed by atoms with van der Waals surface area (Å²) in [4.78, 5) is 0. The van der Waals surface area contributed by atoms with E-state index in [4.69, 9.17) is 0 Å². The molecule has 0 bridgehead atoms. The first kappa shape index (κ1) is 11.1. The molecule has 3 unspecified atom stereocenters. The van der Waals surface area contributed by atoms with Crippen LogP contribution in [0.15, 0.2) is 0 Å². The van der Waals surface area contributed by atoms with Gasteiger partial charge in [0.1, 0.15) is 0 Å². The summed E-state index contributed by atoms with van der Waals surface area (Å²) in [5, 5.41) is 0. The molecule has 1 aliphatic carbocycles. The summed E-state index contributed by atoms with van der Waals surface area (Å²) in [6.07, 6.45) is 2.90. The van der Waals surface area contributed by atoms with Crippen LogP contribution in [0, 0.1) is 29.1 Å². The van der Waals surface area contributed by atoms with Gasteiger partial charge in [-0.25, -0.2) is 0 Å². The normalized spacial score (nSPS) is 35.8. The van der Waals surface area contributed by atoms with Gasteiger partial charge in [0.15, 0.2) is 0 Å². The minimum Gasteiger partial charge on any atom is -0.0625 e. The zero-order chi connectivity index (χ0) is 10.2. The average molecular weight is 182 g/mol. The Hall–Kier alpha value is 0. The molecule has 1 saturated carbocycles. The van der Waals surface area contributed by atoms with Crippen molar-refractivity contribution in [1.82, 2.24) is 0 Å². The van der Waals surface area contributed by atoms with Crippen molar-refractivity contribution in [2.45, 2.75) is 54.4 Å². The maximum atomic E-state index is 2.44. The SMILES string of the molecule is CC(C)C1C(C)CCC1C(C)(C)C. The van der Waals surface area contributed by atoms with Crippen molar-refractivity contribution in [2.75, 3.05) is 0 Å². The van der Waals surface area contributed by atoms with Crippen molar-refractivity contribution >= 4 is 0 Å². The quantitative estimate of drug-likeness (QED) is 0.565. The minimum absolute atomic E-state index is 0.514. The summed E-state index contributed by atoms with van der Waals surface area (Å²) in [5.74, 6) is 3.72. The van der Waals surface area contributed by atoms with Crippen molar-refractivity contribution < 1.29 is 0 Å². The highest BCUT2D eigenvalue weighted by atomic mass is 14.5. The molecule has 0 heterocycles. The van der Waals surface area contributed by atoms with Gasteiger partial charge in [0, 0.05) is 0 Å². The molecule has 0 nitrogen and oxygen atoms in total. The summed E-state index contributed by atoms with van der Waals surface area (Å²) < 4.78 is 0. The van der Waals surface area contributed by atoms with Crippen molar-refractivity contribution in [3.63, 3.8) is 0 Å². The lowest BCUT2D eigenvalue weighted by atomic mass is 9.69. The van der Waals surface area contributed by atoms with Gasteiger partial charge in [-0.2, -0.15) is 0 Å². The fourth-order valence-electron chi connectivity index (χ4n) is 3.36. The second-order valence-electron chi connectivity index (χ2n) is 6.35. The Balaban J connectivity index is 2.76. The van der Waals surface area contributed by atoms with Crippen molar-refractivity contribution in [3.05, 3.63) is 0 Å². The van der Waals surface area contributed by atoms with E-state index >= 15 is 0 Å². The van der Waals surface area contributed by atoms with Crippen LogP contribution >= 0.6 is 0 Å². The molecule has 78 valence electrons. The van der Waals surface area contributed by atoms with E-state index in [0.717, 1.165) is 23.7 Å². The summed E-state index contributed by atoms with van der Waals surface area (Å²) >= 11 is 0. The summed E-state index contributed by atoms with van der Waals surface area (Å²) in [6.45, 7) is 14.5. The Kier molecular flexibility index (Phi) is 3.09. The van der Waals surface area contributed by atoms with Crippen LogP contribution in [0.4, 0.5) is 0 Å². The number of hydrogen-bond donors (Lipinski definition) is 0. The smallest absolute Gasteiger partial charge is 0.0332 e.